The lowest BCUT2D eigenvalue weighted by Gasteiger charge is -1.99. The Bertz CT molecular complexity index is 306. The van der Waals surface area contributed by atoms with Crippen molar-refractivity contribution in [1.29, 1.82) is 5.26 Å². The first-order chi connectivity index (χ1) is 5.27. The highest BCUT2D eigenvalue weighted by atomic mass is 35.5. The molecule has 0 heterocycles. The van der Waals surface area contributed by atoms with Crippen molar-refractivity contribution in [3.63, 3.8) is 0 Å². The lowest BCUT2D eigenvalue weighted by Crippen LogP contribution is -2.03. The van der Waals surface area contributed by atoms with E-state index in [2.05, 4.69) is 4.84 Å². The third-order valence-electron chi connectivity index (χ3n) is 1.19. The van der Waals surface area contributed by atoms with E-state index < -0.39 is 0 Å². The van der Waals surface area contributed by atoms with Gasteiger partial charge in [0.25, 0.3) is 0 Å². The summed E-state index contributed by atoms with van der Waals surface area (Å²) in [5.41, 5.74) is 0.333. The molecule has 0 saturated carbocycles. The Kier molecular flexibility index (Phi) is 2.32. The number of nitrogens with two attached hydrogens (primary N) is 1. The van der Waals surface area contributed by atoms with E-state index in [-0.39, 0.29) is 0 Å². The van der Waals surface area contributed by atoms with Gasteiger partial charge in [-0.05, 0) is 18.2 Å². The number of rotatable bonds is 1. The van der Waals surface area contributed by atoms with Crippen LogP contribution in [0.5, 0.6) is 5.75 Å². The fraction of sp³-hybridized carbons (Fsp3) is 0. The van der Waals surface area contributed by atoms with E-state index in [4.69, 9.17) is 22.8 Å². The molecule has 3 nitrogen and oxygen atoms in total. The zero-order chi connectivity index (χ0) is 8.27. The Labute approximate surface area is 68.9 Å². The molecule has 0 spiro atoms. The summed E-state index contributed by atoms with van der Waals surface area (Å²) in [5.74, 6) is 5.21. The van der Waals surface area contributed by atoms with Gasteiger partial charge in [0.05, 0.1) is 5.56 Å². The second kappa shape index (κ2) is 3.24. The van der Waals surface area contributed by atoms with E-state index in [1.54, 1.807) is 12.1 Å². The van der Waals surface area contributed by atoms with Crippen LogP contribution in [0.2, 0.25) is 5.02 Å². The summed E-state index contributed by atoms with van der Waals surface area (Å²) in [6.07, 6.45) is 0. The molecule has 0 unspecified atom stereocenters. The zero-order valence-corrected chi connectivity index (χ0v) is 6.30. The van der Waals surface area contributed by atoms with Gasteiger partial charge in [-0.25, -0.2) is 0 Å². The molecule has 4 heteroatoms. The van der Waals surface area contributed by atoms with Crippen molar-refractivity contribution in [2.24, 2.45) is 5.90 Å². The molecule has 0 amide bonds. The van der Waals surface area contributed by atoms with Crippen LogP contribution in [0, 0.1) is 11.3 Å². The van der Waals surface area contributed by atoms with E-state index in [0.29, 0.717) is 16.3 Å². The molecule has 56 valence electrons. The fourth-order valence-corrected chi connectivity index (χ4v) is 0.864. The molecule has 1 rings (SSSR count). The first-order valence-corrected chi connectivity index (χ1v) is 3.22. The third kappa shape index (κ3) is 1.61. The average molecular weight is 169 g/mol. The summed E-state index contributed by atoms with van der Waals surface area (Å²) in [7, 11) is 0. The number of hydrogen-bond donors (Lipinski definition) is 1. The third-order valence-corrected chi connectivity index (χ3v) is 1.42. The predicted molar refractivity (Wildman–Crippen MR) is 41.0 cm³/mol. The van der Waals surface area contributed by atoms with E-state index in [1.165, 1.54) is 6.07 Å². The maximum Gasteiger partial charge on any atom is 0.164 e. The molecular formula is C7H5ClN2O. The van der Waals surface area contributed by atoms with Gasteiger partial charge in [-0.2, -0.15) is 11.2 Å². The highest BCUT2D eigenvalue weighted by molar-refractivity contribution is 6.30. The molecule has 0 aliphatic heterocycles. The Hall–Kier alpha value is -1.24. The highest BCUT2D eigenvalue weighted by Crippen LogP contribution is 2.20. The van der Waals surface area contributed by atoms with Crippen molar-refractivity contribution < 1.29 is 4.84 Å². The fourth-order valence-electron chi connectivity index (χ4n) is 0.692. The van der Waals surface area contributed by atoms with Gasteiger partial charge in [0.2, 0.25) is 0 Å². The van der Waals surface area contributed by atoms with Crippen LogP contribution >= 0.6 is 11.6 Å². The smallest absolute Gasteiger partial charge is 0.164 e. The number of benzene rings is 1. The number of halogens is 1. The van der Waals surface area contributed by atoms with Crippen LogP contribution in [-0.2, 0) is 0 Å². The normalized spacial score (nSPS) is 8.82. The summed E-state index contributed by atoms with van der Waals surface area (Å²) in [5, 5.41) is 9.02. The van der Waals surface area contributed by atoms with Crippen LogP contribution in [0.3, 0.4) is 0 Å². The molecule has 11 heavy (non-hydrogen) atoms. The van der Waals surface area contributed by atoms with Gasteiger partial charge >= 0.3 is 0 Å². The number of nitrogens with zero attached hydrogens (tertiary/aromatic N) is 1. The van der Waals surface area contributed by atoms with Crippen molar-refractivity contribution >= 4 is 11.6 Å². The van der Waals surface area contributed by atoms with Gasteiger partial charge in [0.15, 0.2) is 5.75 Å². The molecule has 0 saturated heterocycles. The number of hydrogen-bond acceptors (Lipinski definition) is 3. The van der Waals surface area contributed by atoms with E-state index in [0.717, 1.165) is 0 Å². The Morgan fingerprint density at radius 2 is 2.27 bits per heavy atom. The summed E-state index contributed by atoms with van der Waals surface area (Å²) >= 11 is 5.61. The van der Waals surface area contributed by atoms with Crippen molar-refractivity contribution in [2.75, 3.05) is 0 Å². The minimum absolute atomic E-state index is 0.330. The van der Waals surface area contributed by atoms with Crippen LogP contribution in [0.15, 0.2) is 18.2 Å². The lowest BCUT2D eigenvalue weighted by molar-refractivity contribution is 0.333. The number of nitriles is 1. The van der Waals surface area contributed by atoms with Crippen molar-refractivity contribution in [3.05, 3.63) is 28.8 Å². The molecule has 1 aromatic carbocycles. The second-order valence-corrected chi connectivity index (χ2v) is 2.31. The molecule has 0 aliphatic carbocycles. The standard InChI is InChI=1S/C7H5ClN2O/c8-6-1-2-7(11-10)5(3-6)4-9/h1-3H,10H2. The van der Waals surface area contributed by atoms with Crippen LogP contribution in [0.4, 0.5) is 0 Å². The molecule has 0 aliphatic rings. The lowest BCUT2D eigenvalue weighted by atomic mass is 10.2. The second-order valence-electron chi connectivity index (χ2n) is 1.87. The Morgan fingerprint density at radius 3 is 2.82 bits per heavy atom. The van der Waals surface area contributed by atoms with Crippen molar-refractivity contribution in [3.8, 4) is 11.8 Å². The quantitative estimate of drug-likeness (QED) is 0.646. The van der Waals surface area contributed by atoms with E-state index in [1.807, 2.05) is 6.07 Å². The van der Waals surface area contributed by atoms with Gasteiger partial charge in [-0.15, -0.1) is 0 Å². The monoisotopic (exact) mass is 168 g/mol. The molecule has 0 fully saturated rings. The summed E-state index contributed by atoms with van der Waals surface area (Å²) in [6, 6.07) is 6.53. The van der Waals surface area contributed by atoms with Crippen molar-refractivity contribution in [2.45, 2.75) is 0 Å². The van der Waals surface area contributed by atoms with Gasteiger partial charge < -0.3 is 4.84 Å². The van der Waals surface area contributed by atoms with E-state index in [9.17, 15) is 0 Å². The largest absolute Gasteiger partial charge is 0.410 e. The van der Waals surface area contributed by atoms with Gasteiger partial charge in [0, 0.05) is 5.02 Å². The van der Waals surface area contributed by atoms with Crippen LogP contribution in [0.1, 0.15) is 5.56 Å². The summed E-state index contributed by atoms with van der Waals surface area (Å²) in [6.45, 7) is 0. The van der Waals surface area contributed by atoms with Crippen LogP contribution in [0.25, 0.3) is 0 Å². The molecule has 0 atom stereocenters. The van der Waals surface area contributed by atoms with Gasteiger partial charge in [-0.3, -0.25) is 0 Å². The molecule has 2 N–H and O–H groups in total. The Morgan fingerprint density at radius 1 is 1.55 bits per heavy atom. The first kappa shape index (κ1) is 7.86. The van der Waals surface area contributed by atoms with Gasteiger partial charge in [0.1, 0.15) is 6.07 Å². The molecule has 0 aromatic heterocycles. The minimum atomic E-state index is 0.330. The van der Waals surface area contributed by atoms with Gasteiger partial charge in [-0.1, -0.05) is 11.6 Å². The van der Waals surface area contributed by atoms with Crippen LogP contribution in [-0.4, -0.2) is 0 Å². The Balaban J connectivity index is 3.19. The zero-order valence-electron chi connectivity index (χ0n) is 5.54. The minimum Gasteiger partial charge on any atom is -0.410 e. The highest BCUT2D eigenvalue weighted by Gasteiger charge is 2.01. The average Bonchev–Trinajstić information content (AvgIpc) is 2.04. The topological polar surface area (TPSA) is 59.0 Å². The molecule has 1 aromatic rings. The summed E-state index contributed by atoms with van der Waals surface area (Å²) in [4.78, 5) is 4.41. The van der Waals surface area contributed by atoms with Crippen molar-refractivity contribution in [1.82, 2.24) is 0 Å². The summed E-state index contributed by atoms with van der Waals surface area (Å²) < 4.78 is 0. The molecular weight excluding hydrogens is 164 g/mol. The maximum atomic E-state index is 8.53. The van der Waals surface area contributed by atoms with E-state index >= 15 is 0 Å². The maximum absolute atomic E-state index is 8.53. The molecule has 0 radical (unpaired) electrons. The van der Waals surface area contributed by atoms with Crippen LogP contribution < -0.4 is 10.7 Å². The SMILES string of the molecule is N#Cc1cc(Cl)ccc1ON. The first-order valence-electron chi connectivity index (χ1n) is 2.84. The molecule has 0 bridgehead atoms. The predicted octanol–water partition coefficient (Wildman–Crippen LogP) is 1.46.